The maximum atomic E-state index is 13.8. The van der Waals surface area contributed by atoms with Gasteiger partial charge in [0, 0.05) is 45.2 Å². The molecular formula is C34H46N6O10. The molecule has 2 N–H and O–H groups in total. The van der Waals surface area contributed by atoms with E-state index in [1.54, 1.807) is 58.0 Å². The second kappa shape index (κ2) is 16.5. The number of carbonyl (C=O) groups is 6. The molecule has 1 aromatic heterocycles. The highest BCUT2D eigenvalue weighted by Gasteiger charge is 2.37. The number of carboxylic acid groups (broad SMARTS) is 1. The van der Waals surface area contributed by atoms with Gasteiger partial charge in [-0.15, -0.1) is 0 Å². The molecule has 2 fully saturated rings. The summed E-state index contributed by atoms with van der Waals surface area (Å²) in [5.74, 6) is -3.28. The number of hydrogen-bond donors (Lipinski definition) is 2. The summed E-state index contributed by atoms with van der Waals surface area (Å²) in [6, 6.07) is 7.98. The van der Waals surface area contributed by atoms with Gasteiger partial charge >= 0.3 is 18.0 Å². The third kappa shape index (κ3) is 9.72. The van der Waals surface area contributed by atoms with Crippen molar-refractivity contribution in [2.45, 2.75) is 84.1 Å². The number of amides is 4. The SMILES string of the molecule is CCOC(=O)N1CCN(C(=O)C(CCC(=O)OC(C)(C)C)NC(=O)c2cc(O[C@H](C)C(=O)N3CCCC3C(=O)O)n(-c3ccccc3)n2)CC1. The van der Waals surface area contributed by atoms with E-state index in [0.29, 0.717) is 18.5 Å². The number of aromatic nitrogens is 2. The van der Waals surface area contributed by atoms with E-state index in [4.69, 9.17) is 14.2 Å². The van der Waals surface area contributed by atoms with Gasteiger partial charge in [-0.3, -0.25) is 19.2 Å². The van der Waals surface area contributed by atoms with Crippen molar-refractivity contribution in [3.8, 4) is 11.6 Å². The molecular weight excluding hydrogens is 652 g/mol. The Labute approximate surface area is 290 Å². The minimum absolute atomic E-state index is 0.0417. The number of nitrogens with one attached hydrogen (secondary N) is 1. The third-order valence-electron chi connectivity index (χ3n) is 8.15. The Kier molecular flexibility index (Phi) is 12.4. The molecule has 4 amide bonds. The largest absolute Gasteiger partial charge is 0.480 e. The molecule has 0 bridgehead atoms. The molecule has 2 aromatic rings. The van der Waals surface area contributed by atoms with Crippen molar-refractivity contribution >= 4 is 35.8 Å². The van der Waals surface area contributed by atoms with Gasteiger partial charge in [0.25, 0.3) is 11.8 Å². The molecule has 0 saturated carbocycles. The van der Waals surface area contributed by atoms with E-state index in [-0.39, 0.29) is 63.7 Å². The molecule has 16 heteroatoms. The Morgan fingerprint density at radius 2 is 1.64 bits per heavy atom. The number of piperazine rings is 1. The first-order valence-electron chi connectivity index (χ1n) is 16.8. The van der Waals surface area contributed by atoms with Crippen LogP contribution in [0.1, 0.15) is 70.8 Å². The minimum atomic E-state index is -1.14. The molecule has 3 atom stereocenters. The highest BCUT2D eigenvalue weighted by molar-refractivity contribution is 5.96. The molecule has 16 nitrogen and oxygen atoms in total. The summed E-state index contributed by atoms with van der Waals surface area (Å²) >= 11 is 0. The Bertz CT molecular complexity index is 1550. The van der Waals surface area contributed by atoms with Crippen molar-refractivity contribution < 1.29 is 48.1 Å². The number of carboxylic acids is 1. The second-order valence-corrected chi connectivity index (χ2v) is 13.1. The molecule has 3 heterocycles. The molecule has 272 valence electrons. The molecule has 4 rings (SSSR count). The van der Waals surface area contributed by atoms with Crippen LogP contribution in [0.25, 0.3) is 5.69 Å². The van der Waals surface area contributed by atoms with Crippen molar-refractivity contribution in [2.75, 3.05) is 39.3 Å². The summed E-state index contributed by atoms with van der Waals surface area (Å²) < 4.78 is 17.8. The van der Waals surface area contributed by atoms with Gasteiger partial charge in [0.05, 0.1) is 12.3 Å². The van der Waals surface area contributed by atoms with Crippen LogP contribution in [0.3, 0.4) is 0 Å². The summed E-state index contributed by atoms with van der Waals surface area (Å²) in [4.78, 5) is 81.5. The van der Waals surface area contributed by atoms with Crippen LogP contribution in [0.2, 0.25) is 0 Å². The number of para-hydroxylation sites is 1. The third-order valence-corrected chi connectivity index (χ3v) is 8.15. The van der Waals surface area contributed by atoms with Gasteiger partial charge in [-0.1, -0.05) is 18.2 Å². The molecule has 0 aliphatic carbocycles. The van der Waals surface area contributed by atoms with Gasteiger partial charge < -0.3 is 39.3 Å². The molecule has 0 radical (unpaired) electrons. The predicted molar refractivity (Wildman–Crippen MR) is 178 cm³/mol. The molecule has 0 spiro atoms. The van der Waals surface area contributed by atoms with E-state index in [1.165, 1.54) is 32.4 Å². The van der Waals surface area contributed by atoms with Crippen LogP contribution in [0.15, 0.2) is 36.4 Å². The summed E-state index contributed by atoms with van der Waals surface area (Å²) in [7, 11) is 0. The van der Waals surface area contributed by atoms with Crippen LogP contribution in [0.4, 0.5) is 4.79 Å². The Balaban J connectivity index is 1.55. The van der Waals surface area contributed by atoms with Crippen molar-refractivity contribution in [3.05, 3.63) is 42.1 Å². The van der Waals surface area contributed by atoms with Crippen LogP contribution < -0.4 is 10.1 Å². The van der Waals surface area contributed by atoms with Gasteiger partial charge in [0.2, 0.25) is 11.8 Å². The van der Waals surface area contributed by atoms with Crippen LogP contribution in [0.5, 0.6) is 5.88 Å². The Morgan fingerprint density at radius 1 is 0.980 bits per heavy atom. The van der Waals surface area contributed by atoms with Crippen LogP contribution in [-0.2, 0) is 28.7 Å². The topological polar surface area (TPSA) is 190 Å². The number of aliphatic carboxylic acids is 1. The highest BCUT2D eigenvalue weighted by Crippen LogP contribution is 2.24. The van der Waals surface area contributed by atoms with E-state index in [1.807, 2.05) is 0 Å². The zero-order chi connectivity index (χ0) is 36.6. The molecule has 2 saturated heterocycles. The summed E-state index contributed by atoms with van der Waals surface area (Å²) in [5, 5.41) is 16.7. The first kappa shape index (κ1) is 37.7. The fraction of sp³-hybridized carbons (Fsp3) is 0.559. The van der Waals surface area contributed by atoms with E-state index >= 15 is 0 Å². The highest BCUT2D eigenvalue weighted by atomic mass is 16.6. The molecule has 2 unspecified atom stereocenters. The van der Waals surface area contributed by atoms with Gasteiger partial charge in [-0.2, -0.15) is 5.10 Å². The number of nitrogens with zero attached hydrogens (tertiary/aromatic N) is 5. The number of benzene rings is 1. The van der Waals surface area contributed by atoms with Crippen LogP contribution in [0, 0.1) is 0 Å². The first-order chi connectivity index (χ1) is 23.7. The number of ether oxygens (including phenoxy) is 3. The normalized spacial score (nSPS) is 17.5. The van der Waals surface area contributed by atoms with Crippen molar-refractivity contribution in [2.24, 2.45) is 0 Å². The quantitative estimate of drug-likeness (QED) is 0.309. The van der Waals surface area contributed by atoms with Crippen molar-refractivity contribution in [1.82, 2.24) is 29.8 Å². The zero-order valence-electron chi connectivity index (χ0n) is 29.1. The smallest absolute Gasteiger partial charge is 0.409 e. The van der Waals surface area contributed by atoms with Crippen LogP contribution >= 0.6 is 0 Å². The molecule has 2 aliphatic rings. The Morgan fingerprint density at radius 3 is 2.26 bits per heavy atom. The van der Waals surface area contributed by atoms with Crippen molar-refractivity contribution in [1.29, 1.82) is 0 Å². The van der Waals surface area contributed by atoms with E-state index < -0.39 is 59.5 Å². The molecule has 2 aliphatic heterocycles. The van der Waals surface area contributed by atoms with Crippen LogP contribution in [-0.4, -0.2) is 128 Å². The monoisotopic (exact) mass is 698 g/mol. The average Bonchev–Trinajstić information content (AvgIpc) is 3.74. The molecule has 1 aromatic carbocycles. The number of carbonyl (C=O) groups excluding carboxylic acids is 5. The Hall–Kier alpha value is -5.15. The lowest BCUT2D eigenvalue weighted by atomic mass is 10.1. The lowest BCUT2D eigenvalue weighted by Gasteiger charge is -2.36. The van der Waals surface area contributed by atoms with Gasteiger partial charge in [0.1, 0.15) is 17.7 Å². The first-order valence-corrected chi connectivity index (χ1v) is 16.8. The fourth-order valence-corrected chi connectivity index (χ4v) is 5.75. The number of likely N-dealkylation sites (tertiary alicyclic amines) is 1. The summed E-state index contributed by atoms with van der Waals surface area (Å²) in [6.07, 6.45) is -0.907. The van der Waals surface area contributed by atoms with E-state index in [2.05, 4.69) is 10.4 Å². The second-order valence-electron chi connectivity index (χ2n) is 13.1. The maximum Gasteiger partial charge on any atom is 0.409 e. The fourth-order valence-electron chi connectivity index (χ4n) is 5.75. The standard InChI is InChI=1S/C34H46N6O10/c1-6-48-33(47)38-19-17-37(18-20-38)31(44)24(14-15-28(41)50-34(3,4)5)35-29(42)25-21-27(40(36-25)23-11-8-7-9-12-23)49-22(2)30(43)39-16-10-13-26(39)32(45)46/h7-9,11-12,21-22,24,26H,6,10,13-20H2,1-5H3,(H,35,42)(H,45,46)/t22-,24?,26?/m1/s1. The van der Waals surface area contributed by atoms with E-state index in [0.717, 1.165) is 0 Å². The average molecular weight is 699 g/mol. The number of esters is 1. The molecule has 50 heavy (non-hydrogen) atoms. The zero-order valence-corrected chi connectivity index (χ0v) is 29.1. The van der Waals surface area contributed by atoms with Gasteiger partial charge in [-0.25, -0.2) is 14.3 Å². The van der Waals surface area contributed by atoms with Gasteiger partial charge in [0.15, 0.2) is 11.8 Å². The van der Waals surface area contributed by atoms with Crippen molar-refractivity contribution in [3.63, 3.8) is 0 Å². The number of rotatable bonds is 12. The summed E-state index contributed by atoms with van der Waals surface area (Å²) in [6.45, 7) is 9.76. The number of hydrogen-bond acceptors (Lipinski definition) is 10. The lowest BCUT2D eigenvalue weighted by molar-refractivity contribution is -0.155. The summed E-state index contributed by atoms with van der Waals surface area (Å²) in [5.41, 5.74) is -0.357. The lowest BCUT2D eigenvalue weighted by Crippen LogP contribution is -2.56. The minimum Gasteiger partial charge on any atom is -0.480 e. The van der Waals surface area contributed by atoms with E-state index in [9.17, 15) is 33.9 Å². The van der Waals surface area contributed by atoms with Gasteiger partial charge in [-0.05, 0) is 66.0 Å². The predicted octanol–water partition coefficient (Wildman–Crippen LogP) is 2.24. The maximum absolute atomic E-state index is 13.8.